The van der Waals surface area contributed by atoms with Crippen LogP contribution in [-0.4, -0.2) is 68.3 Å². The SMILES string of the molecule is CC(=O)N1CCN(C(=O)CSc2nnc(-c3ccccc3C)n2C)CC1. The number of benzene rings is 1. The number of piperazine rings is 1. The molecule has 3 rings (SSSR count). The molecule has 0 spiro atoms. The standard InChI is InChI=1S/C18H23N5O2S/c1-13-6-4-5-7-15(13)17-19-20-18(21(17)3)26-12-16(25)23-10-8-22(9-11-23)14(2)24/h4-7H,8-12H2,1-3H3. The average Bonchev–Trinajstić information content (AvgIpc) is 3.00. The molecule has 0 atom stereocenters. The largest absolute Gasteiger partial charge is 0.339 e. The zero-order valence-electron chi connectivity index (χ0n) is 15.3. The predicted molar refractivity (Wildman–Crippen MR) is 101 cm³/mol. The summed E-state index contributed by atoms with van der Waals surface area (Å²) in [6.45, 7) is 5.99. The van der Waals surface area contributed by atoms with Gasteiger partial charge in [-0.15, -0.1) is 10.2 Å². The number of aryl methyl sites for hydroxylation is 1. The van der Waals surface area contributed by atoms with E-state index in [1.54, 1.807) is 11.8 Å². The molecule has 138 valence electrons. The van der Waals surface area contributed by atoms with E-state index in [-0.39, 0.29) is 11.8 Å². The maximum absolute atomic E-state index is 12.4. The van der Waals surface area contributed by atoms with Crippen molar-refractivity contribution < 1.29 is 9.59 Å². The van der Waals surface area contributed by atoms with Gasteiger partial charge in [0, 0.05) is 45.7 Å². The van der Waals surface area contributed by atoms with E-state index >= 15 is 0 Å². The lowest BCUT2D eigenvalue weighted by Crippen LogP contribution is -2.50. The Morgan fingerprint density at radius 1 is 1.08 bits per heavy atom. The van der Waals surface area contributed by atoms with Gasteiger partial charge < -0.3 is 14.4 Å². The van der Waals surface area contributed by atoms with Gasteiger partial charge in [0.1, 0.15) is 0 Å². The van der Waals surface area contributed by atoms with E-state index in [1.165, 1.54) is 11.8 Å². The van der Waals surface area contributed by atoms with Crippen LogP contribution < -0.4 is 0 Å². The number of thioether (sulfide) groups is 1. The van der Waals surface area contributed by atoms with Crippen molar-refractivity contribution in [3.05, 3.63) is 29.8 Å². The Hall–Kier alpha value is -2.35. The normalized spacial score (nSPS) is 14.6. The molecular weight excluding hydrogens is 350 g/mol. The summed E-state index contributed by atoms with van der Waals surface area (Å²) < 4.78 is 1.92. The molecule has 1 saturated heterocycles. The molecule has 0 N–H and O–H groups in total. The highest BCUT2D eigenvalue weighted by molar-refractivity contribution is 7.99. The van der Waals surface area contributed by atoms with Crippen LogP contribution in [0.1, 0.15) is 12.5 Å². The van der Waals surface area contributed by atoms with E-state index in [2.05, 4.69) is 10.2 Å². The first-order chi connectivity index (χ1) is 12.5. The van der Waals surface area contributed by atoms with Gasteiger partial charge in [-0.3, -0.25) is 9.59 Å². The molecule has 1 aliphatic heterocycles. The molecular formula is C18H23N5O2S. The smallest absolute Gasteiger partial charge is 0.233 e. The Morgan fingerprint density at radius 2 is 1.73 bits per heavy atom. The van der Waals surface area contributed by atoms with Crippen molar-refractivity contribution >= 4 is 23.6 Å². The number of amides is 2. The van der Waals surface area contributed by atoms with Gasteiger partial charge in [0.05, 0.1) is 5.75 Å². The molecule has 0 aliphatic carbocycles. The van der Waals surface area contributed by atoms with Gasteiger partial charge in [0.25, 0.3) is 0 Å². The van der Waals surface area contributed by atoms with Crippen LogP contribution in [0.2, 0.25) is 0 Å². The molecule has 0 saturated carbocycles. The summed E-state index contributed by atoms with van der Waals surface area (Å²) in [6, 6.07) is 8.04. The second kappa shape index (κ2) is 7.90. The summed E-state index contributed by atoms with van der Waals surface area (Å²) in [5.41, 5.74) is 2.18. The van der Waals surface area contributed by atoms with Gasteiger partial charge in [-0.05, 0) is 12.5 Å². The number of hydrogen-bond acceptors (Lipinski definition) is 5. The third-order valence-corrected chi connectivity index (χ3v) is 5.63. The minimum atomic E-state index is 0.0642. The number of nitrogens with zero attached hydrogens (tertiary/aromatic N) is 5. The van der Waals surface area contributed by atoms with Crippen molar-refractivity contribution in [3.63, 3.8) is 0 Å². The van der Waals surface area contributed by atoms with Crippen LogP contribution in [0, 0.1) is 6.92 Å². The molecule has 0 bridgehead atoms. The van der Waals surface area contributed by atoms with Gasteiger partial charge in [0.2, 0.25) is 11.8 Å². The van der Waals surface area contributed by atoms with Crippen molar-refractivity contribution in [1.29, 1.82) is 0 Å². The third kappa shape index (κ3) is 3.90. The monoisotopic (exact) mass is 373 g/mol. The second-order valence-electron chi connectivity index (χ2n) is 6.36. The first-order valence-corrected chi connectivity index (χ1v) is 9.57. The van der Waals surface area contributed by atoms with Gasteiger partial charge in [0.15, 0.2) is 11.0 Å². The number of hydrogen-bond donors (Lipinski definition) is 0. The quantitative estimate of drug-likeness (QED) is 0.761. The van der Waals surface area contributed by atoms with Crippen molar-refractivity contribution in [2.24, 2.45) is 7.05 Å². The molecule has 1 aromatic carbocycles. The fourth-order valence-electron chi connectivity index (χ4n) is 2.99. The molecule has 1 aliphatic rings. The van der Waals surface area contributed by atoms with Gasteiger partial charge in [-0.1, -0.05) is 36.0 Å². The van der Waals surface area contributed by atoms with Gasteiger partial charge in [-0.2, -0.15) is 0 Å². The Balaban J connectivity index is 1.60. The first kappa shape index (κ1) is 18.4. The Bertz CT molecular complexity index is 812. The predicted octanol–water partition coefficient (Wildman–Crippen LogP) is 1.57. The van der Waals surface area contributed by atoms with Crippen LogP contribution in [0.5, 0.6) is 0 Å². The minimum absolute atomic E-state index is 0.0642. The van der Waals surface area contributed by atoms with Crippen LogP contribution in [-0.2, 0) is 16.6 Å². The lowest BCUT2D eigenvalue weighted by molar-refractivity contribution is -0.136. The summed E-state index contributed by atoms with van der Waals surface area (Å²) in [5.74, 6) is 1.25. The maximum atomic E-state index is 12.4. The highest BCUT2D eigenvalue weighted by Gasteiger charge is 2.23. The zero-order chi connectivity index (χ0) is 18.7. The van der Waals surface area contributed by atoms with Crippen LogP contribution in [0.25, 0.3) is 11.4 Å². The molecule has 1 aromatic heterocycles. The summed E-state index contributed by atoms with van der Waals surface area (Å²) in [6.07, 6.45) is 0. The molecule has 8 heteroatoms. The van der Waals surface area contributed by atoms with Crippen LogP contribution in [0.4, 0.5) is 0 Å². The van der Waals surface area contributed by atoms with Gasteiger partial charge >= 0.3 is 0 Å². The van der Waals surface area contributed by atoms with Crippen LogP contribution in [0.15, 0.2) is 29.4 Å². The van der Waals surface area contributed by atoms with Crippen molar-refractivity contribution in [2.75, 3.05) is 31.9 Å². The van der Waals surface area contributed by atoms with E-state index in [9.17, 15) is 9.59 Å². The number of rotatable bonds is 4. The Morgan fingerprint density at radius 3 is 2.38 bits per heavy atom. The fraction of sp³-hybridized carbons (Fsp3) is 0.444. The highest BCUT2D eigenvalue weighted by Crippen LogP contribution is 2.25. The Labute approximate surface area is 157 Å². The highest BCUT2D eigenvalue weighted by atomic mass is 32.2. The van der Waals surface area contributed by atoms with Gasteiger partial charge in [-0.25, -0.2) is 0 Å². The lowest BCUT2D eigenvalue weighted by Gasteiger charge is -2.34. The molecule has 2 aromatic rings. The van der Waals surface area contributed by atoms with Crippen molar-refractivity contribution in [1.82, 2.24) is 24.6 Å². The Kier molecular flexibility index (Phi) is 5.61. The maximum Gasteiger partial charge on any atom is 0.233 e. The zero-order valence-corrected chi connectivity index (χ0v) is 16.1. The molecule has 1 fully saturated rings. The molecule has 0 unspecified atom stereocenters. The number of carbonyl (C=O) groups excluding carboxylic acids is 2. The number of carbonyl (C=O) groups is 2. The summed E-state index contributed by atoms with van der Waals surface area (Å²) in [4.78, 5) is 27.4. The summed E-state index contributed by atoms with van der Waals surface area (Å²) in [7, 11) is 1.92. The molecule has 2 heterocycles. The molecule has 26 heavy (non-hydrogen) atoms. The van der Waals surface area contributed by atoms with Crippen molar-refractivity contribution in [3.8, 4) is 11.4 Å². The van der Waals surface area contributed by atoms with E-state index < -0.39 is 0 Å². The summed E-state index contributed by atoms with van der Waals surface area (Å²) >= 11 is 1.39. The van der Waals surface area contributed by atoms with E-state index in [1.807, 2.05) is 47.7 Å². The summed E-state index contributed by atoms with van der Waals surface area (Å²) in [5, 5.41) is 9.25. The molecule has 0 radical (unpaired) electrons. The lowest BCUT2D eigenvalue weighted by atomic mass is 10.1. The molecule has 7 nitrogen and oxygen atoms in total. The average molecular weight is 373 g/mol. The van der Waals surface area contributed by atoms with E-state index in [0.717, 1.165) is 22.1 Å². The first-order valence-electron chi connectivity index (χ1n) is 8.59. The van der Waals surface area contributed by atoms with E-state index in [0.29, 0.717) is 31.9 Å². The topological polar surface area (TPSA) is 71.3 Å². The molecule has 2 amide bonds. The van der Waals surface area contributed by atoms with Crippen molar-refractivity contribution in [2.45, 2.75) is 19.0 Å². The third-order valence-electron chi connectivity index (χ3n) is 4.62. The van der Waals surface area contributed by atoms with Crippen LogP contribution >= 0.6 is 11.8 Å². The minimum Gasteiger partial charge on any atom is -0.339 e. The van der Waals surface area contributed by atoms with Crippen LogP contribution in [0.3, 0.4) is 0 Å². The number of aromatic nitrogens is 3. The second-order valence-corrected chi connectivity index (χ2v) is 7.30. The fourth-order valence-corrected chi connectivity index (χ4v) is 3.80. The van der Waals surface area contributed by atoms with E-state index in [4.69, 9.17) is 0 Å².